The fourth-order valence-electron chi connectivity index (χ4n) is 0.455. The molecule has 0 aromatic carbocycles. The van der Waals surface area contributed by atoms with Crippen LogP contribution in [0.25, 0.3) is 0 Å². The van der Waals surface area contributed by atoms with Crippen LogP contribution in [-0.4, -0.2) is 6.04 Å². The smallest absolute Gasteiger partial charge is 0.00103 e. The Kier molecular flexibility index (Phi) is 9.59. The van der Waals surface area contributed by atoms with Crippen LogP contribution in [0, 0.1) is 0 Å². The highest BCUT2D eigenvalue weighted by atomic mass is 79.9. The van der Waals surface area contributed by atoms with Gasteiger partial charge in [0.25, 0.3) is 0 Å². The molecule has 0 rings (SSSR count). The largest absolute Gasteiger partial charge is 0.328 e. The van der Waals surface area contributed by atoms with E-state index in [1.54, 1.807) is 0 Å². The molecule has 2 heteroatoms. The second-order valence-corrected chi connectivity index (χ2v) is 1.77. The fourth-order valence-corrected chi connectivity index (χ4v) is 0.455. The topological polar surface area (TPSA) is 26.0 Å². The lowest BCUT2D eigenvalue weighted by atomic mass is 10.2. The van der Waals surface area contributed by atoms with Crippen LogP contribution in [-0.2, 0) is 0 Å². The molecule has 0 fully saturated rings. The van der Waals surface area contributed by atoms with Crippen LogP contribution in [0.15, 0.2) is 0 Å². The van der Waals surface area contributed by atoms with Crippen molar-refractivity contribution in [3.05, 3.63) is 0 Å². The lowest BCUT2D eigenvalue weighted by Gasteiger charge is -1.96. The zero-order valence-electron chi connectivity index (χ0n) is 4.98. The molecule has 2 N–H and O–H groups in total. The normalized spacial score (nSPS) is 12.4. The minimum Gasteiger partial charge on any atom is -0.328 e. The van der Waals surface area contributed by atoms with Gasteiger partial charge in [-0.2, -0.15) is 0 Å². The molecule has 0 radical (unpaired) electrons. The minimum atomic E-state index is 0. The molecular formula is C5H14BrN. The van der Waals surface area contributed by atoms with Gasteiger partial charge in [0.2, 0.25) is 0 Å². The summed E-state index contributed by atoms with van der Waals surface area (Å²) >= 11 is 0. The van der Waals surface area contributed by atoms with Crippen LogP contribution >= 0.6 is 17.0 Å². The monoisotopic (exact) mass is 167 g/mol. The molecule has 0 saturated heterocycles. The first-order valence-corrected chi connectivity index (χ1v) is 2.53. The summed E-state index contributed by atoms with van der Waals surface area (Å²) in [5.41, 5.74) is 5.40. The lowest BCUT2D eigenvalue weighted by molar-refractivity contribution is 0.653. The predicted molar refractivity (Wildman–Crippen MR) is 38.9 cm³/mol. The molecule has 0 unspecified atom stereocenters. The van der Waals surface area contributed by atoms with Gasteiger partial charge in [-0.25, -0.2) is 0 Å². The summed E-state index contributed by atoms with van der Waals surface area (Å²) in [6.45, 7) is 4.17. The molecule has 0 amide bonds. The van der Waals surface area contributed by atoms with Crippen molar-refractivity contribution in [1.29, 1.82) is 0 Å². The first kappa shape index (κ1) is 10.4. The molecule has 0 bridgehead atoms. The highest BCUT2D eigenvalue weighted by Gasteiger charge is 1.85. The molecule has 1 atom stereocenters. The molecule has 7 heavy (non-hydrogen) atoms. The molecule has 0 aliphatic heterocycles. The zero-order chi connectivity index (χ0) is 4.99. The van der Waals surface area contributed by atoms with Crippen LogP contribution in [0.5, 0.6) is 0 Å². The van der Waals surface area contributed by atoms with Gasteiger partial charge in [-0.1, -0.05) is 13.3 Å². The van der Waals surface area contributed by atoms with Gasteiger partial charge in [-0.05, 0) is 13.3 Å². The van der Waals surface area contributed by atoms with E-state index in [9.17, 15) is 0 Å². The van der Waals surface area contributed by atoms with E-state index >= 15 is 0 Å². The van der Waals surface area contributed by atoms with Crippen molar-refractivity contribution in [2.24, 2.45) is 5.73 Å². The van der Waals surface area contributed by atoms with E-state index in [2.05, 4.69) is 6.92 Å². The van der Waals surface area contributed by atoms with Crippen LogP contribution in [0.1, 0.15) is 26.7 Å². The third-order valence-corrected chi connectivity index (χ3v) is 0.744. The molecule has 0 heterocycles. The van der Waals surface area contributed by atoms with Crippen molar-refractivity contribution >= 4 is 17.0 Å². The van der Waals surface area contributed by atoms with Gasteiger partial charge in [0, 0.05) is 6.04 Å². The van der Waals surface area contributed by atoms with Crippen molar-refractivity contribution in [2.45, 2.75) is 32.7 Å². The van der Waals surface area contributed by atoms with Gasteiger partial charge in [-0.3, -0.25) is 0 Å². The average Bonchev–Trinajstić information content (AvgIpc) is 1.35. The molecular weight excluding hydrogens is 154 g/mol. The summed E-state index contributed by atoms with van der Waals surface area (Å²) in [4.78, 5) is 0. The van der Waals surface area contributed by atoms with Crippen molar-refractivity contribution in [2.75, 3.05) is 0 Å². The van der Waals surface area contributed by atoms with Crippen LogP contribution in [0.2, 0.25) is 0 Å². The Morgan fingerprint density at radius 3 is 2.00 bits per heavy atom. The number of hydrogen-bond acceptors (Lipinski definition) is 1. The Morgan fingerprint density at radius 2 is 2.00 bits per heavy atom. The first-order chi connectivity index (χ1) is 2.77. The van der Waals surface area contributed by atoms with Crippen molar-refractivity contribution in [3.63, 3.8) is 0 Å². The second kappa shape index (κ2) is 6.44. The van der Waals surface area contributed by atoms with Gasteiger partial charge in [-0.15, -0.1) is 17.0 Å². The van der Waals surface area contributed by atoms with E-state index in [4.69, 9.17) is 5.73 Å². The molecule has 0 aromatic heterocycles. The first-order valence-electron chi connectivity index (χ1n) is 2.53. The van der Waals surface area contributed by atoms with Crippen LogP contribution in [0.3, 0.4) is 0 Å². The van der Waals surface area contributed by atoms with Gasteiger partial charge < -0.3 is 5.73 Å². The maximum Gasteiger partial charge on any atom is 0.00103 e. The van der Waals surface area contributed by atoms with E-state index < -0.39 is 0 Å². The van der Waals surface area contributed by atoms with E-state index in [0.29, 0.717) is 6.04 Å². The van der Waals surface area contributed by atoms with E-state index in [0.717, 1.165) is 6.42 Å². The summed E-state index contributed by atoms with van der Waals surface area (Å²) in [6, 6.07) is 0.398. The van der Waals surface area contributed by atoms with Crippen LogP contribution in [0.4, 0.5) is 0 Å². The summed E-state index contributed by atoms with van der Waals surface area (Å²) in [5, 5.41) is 0. The minimum absolute atomic E-state index is 0. The molecule has 0 aromatic rings. The quantitative estimate of drug-likeness (QED) is 0.667. The maximum absolute atomic E-state index is 5.40. The maximum atomic E-state index is 5.40. The van der Waals surface area contributed by atoms with Crippen LogP contribution < -0.4 is 5.73 Å². The second-order valence-electron chi connectivity index (χ2n) is 1.77. The Hall–Kier alpha value is 0.440. The predicted octanol–water partition coefficient (Wildman–Crippen LogP) is 1.71. The fraction of sp³-hybridized carbons (Fsp3) is 1.00. The molecule has 0 saturated carbocycles. The average molecular weight is 168 g/mol. The molecule has 0 aliphatic rings. The SMILES string of the molecule is Br.CCC[C@@H](C)N. The summed E-state index contributed by atoms with van der Waals surface area (Å²) in [6.07, 6.45) is 2.36. The molecule has 46 valence electrons. The number of rotatable bonds is 2. The van der Waals surface area contributed by atoms with Crippen molar-refractivity contribution in [1.82, 2.24) is 0 Å². The van der Waals surface area contributed by atoms with Crippen molar-refractivity contribution < 1.29 is 0 Å². The molecule has 0 spiro atoms. The number of hydrogen-bond donors (Lipinski definition) is 1. The van der Waals surface area contributed by atoms with Crippen molar-refractivity contribution in [3.8, 4) is 0 Å². The summed E-state index contributed by atoms with van der Waals surface area (Å²) in [7, 11) is 0. The Balaban J connectivity index is 0. The number of halogens is 1. The Labute approximate surface area is 56.1 Å². The van der Waals surface area contributed by atoms with E-state index in [1.165, 1.54) is 6.42 Å². The van der Waals surface area contributed by atoms with E-state index in [1.807, 2.05) is 6.92 Å². The third kappa shape index (κ3) is 10.7. The summed E-state index contributed by atoms with van der Waals surface area (Å²) in [5.74, 6) is 0. The van der Waals surface area contributed by atoms with Gasteiger partial charge in [0.1, 0.15) is 0 Å². The highest BCUT2D eigenvalue weighted by molar-refractivity contribution is 8.93. The standard InChI is InChI=1S/C5H13N.BrH/c1-3-4-5(2)6;/h5H,3-4,6H2,1-2H3;1H/t5-;/m1./s1. The van der Waals surface area contributed by atoms with Gasteiger partial charge in [0.05, 0.1) is 0 Å². The zero-order valence-corrected chi connectivity index (χ0v) is 6.69. The van der Waals surface area contributed by atoms with Gasteiger partial charge >= 0.3 is 0 Å². The Bertz CT molecular complexity index is 29.3. The summed E-state index contributed by atoms with van der Waals surface area (Å²) < 4.78 is 0. The molecule has 0 aliphatic carbocycles. The van der Waals surface area contributed by atoms with E-state index in [-0.39, 0.29) is 17.0 Å². The number of nitrogens with two attached hydrogens (primary N) is 1. The Morgan fingerprint density at radius 1 is 1.57 bits per heavy atom. The highest BCUT2D eigenvalue weighted by Crippen LogP contribution is 1.88. The van der Waals surface area contributed by atoms with Gasteiger partial charge in [0.15, 0.2) is 0 Å². The third-order valence-electron chi connectivity index (χ3n) is 0.744. The lowest BCUT2D eigenvalue weighted by Crippen LogP contribution is -2.13. The molecule has 1 nitrogen and oxygen atoms in total.